The zero-order valence-electron chi connectivity index (χ0n) is 12.6. The highest BCUT2D eigenvalue weighted by atomic mass is 79.9. The second kappa shape index (κ2) is 7.78. The lowest BCUT2D eigenvalue weighted by Crippen LogP contribution is -2.27. The van der Waals surface area contributed by atoms with E-state index in [0.29, 0.717) is 11.5 Å². The van der Waals surface area contributed by atoms with Crippen molar-refractivity contribution < 1.29 is 19.0 Å². The fourth-order valence-electron chi connectivity index (χ4n) is 2.26. The summed E-state index contributed by atoms with van der Waals surface area (Å²) in [6, 6.07) is 3.59. The molecule has 7 heteroatoms. The molecule has 1 fully saturated rings. The van der Waals surface area contributed by atoms with E-state index in [1.807, 2.05) is 6.07 Å². The number of esters is 1. The van der Waals surface area contributed by atoms with Gasteiger partial charge in [0.1, 0.15) is 4.99 Å². The van der Waals surface area contributed by atoms with Gasteiger partial charge in [-0.25, -0.2) is 4.79 Å². The standard InChI is InChI=1S/C15H18BrNO4S/c1-19-12-7-10(15(22)17-5-3-4-6-17)11(16)8-13(12)21-9-14(18)20-2/h7-8H,3-6,9H2,1-2H3. The van der Waals surface area contributed by atoms with E-state index in [-0.39, 0.29) is 6.61 Å². The molecule has 0 N–H and O–H groups in total. The maximum atomic E-state index is 11.2. The Balaban J connectivity index is 2.22. The van der Waals surface area contributed by atoms with Crippen LogP contribution in [0.1, 0.15) is 18.4 Å². The van der Waals surface area contributed by atoms with E-state index in [1.54, 1.807) is 13.2 Å². The molecule has 1 aliphatic heterocycles. The van der Waals surface area contributed by atoms with E-state index in [0.717, 1.165) is 41.0 Å². The number of carbonyl (C=O) groups excluding carboxylic acids is 1. The van der Waals surface area contributed by atoms with Crippen molar-refractivity contribution in [1.82, 2.24) is 4.90 Å². The first-order chi connectivity index (χ1) is 10.6. The van der Waals surface area contributed by atoms with Crippen molar-refractivity contribution in [2.24, 2.45) is 0 Å². The number of methoxy groups -OCH3 is 2. The number of likely N-dealkylation sites (tertiary alicyclic amines) is 1. The third-order valence-electron chi connectivity index (χ3n) is 3.45. The van der Waals surface area contributed by atoms with Crippen LogP contribution in [-0.2, 0) is 9.53 Å². The molecular formula is C15H18BrNO4S. The average molecular weight is 388 g/mol. The summed E-state index contributed by atoms with van der Waals surface area (Å²) in [5, 5.41) is 0. The first-order valence-corrected chi connectivity index (χ1v) is 8.13. The Bertz CT molecular complexity index is 573. The predicted octanol–water partition coefficient (Wildman–Crippen LogP) is 2.78. The molecule has 1 aromatic carbocycles. The number of nitrogens with zero attached hydrogens (tertiary/aromatic N) is 1. The summed E-state index contributed by atoms with van der Waals surface area (Å²) in [6.07, 6.45) is 2.32. The molecule has 1 aromatic rings. The highest BCUT2D eigenvalue weighted by Gasteiger charge is 2.20. The predicted molar refractivity (Wildman–Crippen MR) is 90.7 cm³/mol. The third kappa shape index (κ3) is 3.89. The molecule has 0 unspecified atom stereocenters. The second-order valence-electron chi connectivity index (χ2n) is 4.85. The van der Waals surface area contributed by atoms with Crippen molar-refractivity contribution in [3.63, 3.8) is 0 Å². The molecule has 22 heavy (non-hydrogen) atoms. The van der Waals surface area contributed by atoms with Gasteiger partial charge < -0.3 is 19.1 Å². The van der Waals surface area contributed by atoms with E-state index in [2.05, 4.69) is 25.6 Å². The largest absolute Gasteiger partial charge is 0.493 e. The number of ether oxygens (including phenoxy) is 3. The lowest BCUT2D eigenvalue weighted by atomic mass is 10.2. The zero-order valence-corrected chi connectivity index (χ0v) is 15.0. The summed E-state index contributed by atoms with van der Waals surface area (Å²) >= 11 is 9.09. The van der Waals surface area contributed by atoms with Crippen LogP contribution < -0.4 is 9.47 Å². The Kier molecular flexibility index (Phi) is 6.02. The summed E-state index contributed by atoms with van der Waals surface area (Å²) in [6.45, 7) is 1.79. The van der Waals surface area contributed by atoms with Gasteiger partial charge in [-0.05, 0) is 40.9 Å². The van der Waals surface area contributed by atoms with Gasteiger partial charge in [-0.15, -0.1) is 0 Å². The topological polar surface area (TPSA) is 48.0 Å². The second-order valence-corrected chi connectivity index (χ2v) is 6.09. The molecule has 5 nitrogen and oxygen atoms in total. The number of thiocarbonyl (C=S) groups is 1. The maximum Gasteiger partial charge on any atom is 0.343 e. The fraction of sp³-hybridized carbons (Fsp3) is 0.467. The van der Waals surface area contributed by atoms with E-state index < -0.39 is 5.97 Å². The normalized spacial score (nSPS) is 13.9. The van der Waals surface area contributed by atoms with E-state index in [9.17, 15) is 4.79 Å². The fourth-order valence-corrected chi connectivity index (χ4v) is 3.25. The van der Waals surface area contributed by atoms with Crippen LogP contribution in [0.5, 0.6) is 11.5 Å². The number of rotatable bonds is 5. The van der Waals surface area contributed by atoms with Crippen LogP contribution in [0.2, 0.25) is 0 Å². The van der Waals surface area contributed by atoms with E-state index in [4.69, 9.17) is 21.7 Å². The Morgan fingerprint density at radius 3 is 2.55 bits per heavy atom. The molecule has 0 aliphatic carbocycles. The monoisotopic (exact) mass is 387 g/mol. The Morgan fingerprint density at radius 2 is 1.95 bits per heavy atom. The van der Waals surface area contributed by atoms with Crippen molar-refractivity contribution in [1.29, 1.82) is 0 Å². The molecule has 1 aliphatic rings. The summed E-state index contributed by atoms with van der Waals surface area (Å²) < 4.78 is 16.2. The van der Waals surface area contributed by atoms with Crippen LogP contribution in [-0.4, -0.2) is 49.8 Å². The molecule has 0 bridgehead atoms. The zero-order chi connectivity index (χ0) is 16.1. The summed E-state index contributed by atoms with van der Waals surface area (Å²) in [5.41, 5.74) is 0.888. The smallest absolute Gasteiger partial charge is 0.343 e. The molecule has 0 amide bonds. The third-order valence-corrected chi connectivity index (χ3v) is 4.58. The van der Waals surface area contributed by atoms with Crippen LogP contribution in [0, 0.1) is 0 Å². The lowest BCUT2D eigenvalue weighted by molar-refractivity contribution is -0.142. The van der Waals surface area contributed by atoms with Gasteiger partial charge in [0.05, 0.1) is 14.2 Å². The average Bonchev–Trinajstić information content (AvgIpc) is 3.06. The van der Waals surface area contributed by atoms with Crippen molar-refractivity contribution in [2.75, 3.05) is 33.9 Å². The van der Waals surface area contributed by atoms with Gasteiger partial charge in [0.25, 0.3) is 0 Å². The minimum atomic E-state index is -0.449. The minimum absolute atomic E-state index is 0.171. The van der Waals surface area contributed by atoms with Gasteiger partial charge in [0.2, 0.25) is 0 Å². The number of hydrogen-bond donors (Lipinski definition) is 0. The van der Waals surface area contributed by atoms with Crippen LogP contribution in [0.3, 0.4) is 0 Å². The highest BCUT2D eigenvalue weighted by molar-refractivity contribution is 9.10. The van der Waals surface area contributed by atoms with E-state index >= 15 is 0 Å². The maximum absolute atomic E-state index is 11.2. The minimum Gasteiger partial charge on any atom is -0.493 e. The molecule has 1 heterocycles. The van der Waals surface area contributed by atoms with Crippen LogP contribution in [0.25, 0.3) is 0 Å². The molecular weight excluding hydrogens is 370 g/mol. The Hall–Kier alpha value is -1.34. The molecule has 0 spiro atoms. The summed E-state index contributed by atoms with van der Waals surface area (Å²) in [7, 11) is 2.87. The molecule has 0 radical (unpaired) electrons. The Labute approximate surface area is 143 Å². The van der Waals surface area contributed by atoms with Gasteiger partial charge >= 0.3 is 5.97 Å². The van der Waals surface area contributed by atoms with Gasteiger partial charge in [0.15, 0.2) is 18.1 Å². The number of carbonyl (C=O) groups is 1. The van der Waals surface area contributed by atoms with Gasteiger partial charge in [0, 0.05) is 23.1 Å². The number of benzene rings is 1. The van der Waals surface area contributed by atoms with Gasteiger partial charge in [-0.3, -0.25) is 0 Å². The van der Waals surface area contributed by atoms with Crippen LogP contribution in [0.15, 0.2) is 16.6 Å². The SMILES string of the molecule is COC(=O)COc1cc(Br)c(C(=S)N2CCCC2)cc1OC. The quantitative estimate of drug-likeness (QED) is 0.571. The number of halogens is 1. The number of hydrogen-bond acceptors (Lipinski definition) is 5. The van der Waals surface area contributed by atoms with Crippen molar-refractivity contribution in [2.45, 2.75) is 12.8 Å². The highest BCUT2D eigenvalue weighted by Crippen LogP contribution is 2.34. The molecule has 0 aromatic heterocycles. The van der Waals surface area contributed by atoms with Crippen LogP contribution in [0.4, 0.5) is 0 Å². The van der Waals surface area contributed by atoms with Crippen molar-refractivity contribution in [3.8, 4) is 11.5 Å². The van der Waals surface area contributed by atoms with Gasteiger partial charge in [-0.1, -0.05) is 12.2 Å². The Morgan fingerprint density at radius 1 is 1.27 bits per heavy atom. The van der Waals surface area contributed by atoms with E-state index in [1.165, 1.54) is 7.11 Å². The van der Waals surface area contributed by atoms with Crippen molar-refractivity contribution >= 4 is 39.1 Å². The first kappa shape index (κ1) is 17.0. The van der Waals surface area contributed by atoms with Gasteiger partial charge in [-0.2, -0.15) is 0 Å². The van der Waals surface area contributed by atoms with Crippen LogP contribution >= 0.6 is 28.1 Å². The molecule has 120 valence electrons. The first-order valence-electron chi connectivity index (χ1n) is 6.93. The van der Waals surface area contributed by atoms with Crippen molar-refractivity contribution in [3.05, 3.63) is 22.2 Å². The molecule has 0 saturated carbocycles. The molecule has 0 atom stereocenters. The summed E-state index contributed by atoms with van der Waals surface area (Å²) in [4.78, 5) is 14.2. The molecule has 2 rings (SSSR count). The molecule has 1 saturated heterocycles. The summed E-state index contributed by atoms with van der Waals surface area (Å²) in [5.74, 6) is 0.547. The lowest BCUT2D eigenvalue weighted by Gasteiger charge is -2.21.